The average Bonchev–Trinajstić information content (AvgIpc) is 2.72. The van der Waals surface area contributed by atoms with Crippen LogP contribution in [0.3, 0.4) is 0 Å². The number of benzene rings is 2. The Morgan fingerprint density at radius 1 is 1.09 bits per heavy atom. The smallest absolute Gasteiger partial charge is 0.344 e. The summed E-state index contributed by atoms with van der Waals surface area (Å²) in [6, 6.07) is 12.0. The van der Waals surface area contributed by atoms with Gasteiger partial charge < -0.3 is 9.47 Å². The summed E-state index contributed by atoms with van der Waals surface area (Å²) < 4.78 is 36.2. The fourth-order valence-electron chi connectivity index (χ4n) is 2.89. The molecule has 2 aromatic rings. The van der Waals surface area contributed by atoms with Gasteiger partial charge in [-0.25, -0.2) is 18.6 Å². The number of aryl methyl sites for hydroxylation is 1. The van der Waals surface area contributed by atoms with E-state index >= 15 is 0 Å². The number of hydrazone groups is 1. The zero-order valence-corrected chi connectivity index (χ0v) is 21.1. The number of nitrogens with one attached hydrogen (secondary N) is 1. The molecule has 0 heterocycles. The van der Waals surface area contributed by atoms with Crippen molar-refractivity contribution in [1.82, 2.24) is 5.43 Å². The van der Waals surface area contributed by atoms with Gasteiger partial charge >= 0.3 is 5.97 Å². The van der Waals surface area contributed by atoms with E-state index in [1.165, 1.54) is 6.21 Å². The maximum absolute atomic E-state index is 12.4. The lowest BCUT2D eigenvalue weighted by Gasteiger charge is -2.23. The van der Waals surface area contributed by atoms with Gasteiger partial charge in [0.25, 0.3) is 5.91 Å². The highest BCUT2D eigenvalue weighted by Crippen LogP contribution is 2.24. The van der Waals surface area contributed by atoms with Crippen molar-refractivity contribution in [3.63, 3.8) is 0 Å². The van der Waals surface area contributed by atoms with Crippen LogP contribution in [0.15, 0.2) is 47.6 Å². The topological polar surface area (TPSA) is 114 Å². The molecule has 0 fully saturated rings. The summed E-state index contributed by atoms with van der Waals surface area (Å²) in [6.45, 7) is 8.40. The average molecular weight is 490 g/mol. The first kappa shape index (κ1) is 26.8. The lowest BCUT2D eigenvalue weighted by atomic mass is 10.1. The van der Waals surface area contributed by atoms with Gasteiger partial charge in [-0.2, -0.15) is 5.10 Å². The van der Waals surface area contributed by atoms with Gasteiger partial charge in [-0.05, 0) is 81.6 Å². The number of anilines is 1. The van der Waals surface area contributed by atoms with Crippen molar-refractivity contribution in [3.05, 3.63) is 59.2 Å². The summed E-state index contributed by atoms with van der Waals surface area (Å²) in [4.78, 5) is 24.1. The molecule has 0 unspecified atom stereocenters. The van der Waals surface area contributed by atoms with Crippen LogP contribution in [0.25, 0.3) is 0 Å². The third-order valence-corrected chi connectivity index (χ3v) is 5.72. The molecule has 0 radical (unpaired) electrons. The van der Waals surface area contributed by atoms with Crippen molar-refractivity contribution < 1.29 is 27.5 Å². The van der Waals surface area contributed by atoms with Crippen molar-refractivity contribution in [2.45, 2.75) is 40.2 Å². The highest BCUT2D eigenvalue weighted by Gasteiger charge is 2.22. The Labute approximate surface area is 200 Å². The second-order valence-electron chi connectivity index (χ2n) is 8.73. The summed E-state index contributed by atoms with van der Waals surface area (Å²) in [5, 5.41) is 3.89. The molecule has 34 heavy (non-hydrogen) atoms. The van der Waals surface area contributed by atoms with Crippen molar-refractivity contribution >= 4 is 33.8 Å². The number of sulfonamides is 1. The van der Waals surface area contributed by atoms with E-state index in [-0.39, 0.29) is 6.61 Å². The van der Waals surface area contributed by atoms with Crippen LogP contribution in [-0.2, 0) is 24.3 Å². The first-order chi connectivity index (χ1) is 15.8. The first-order valence-corrected chi connectivity index (χ1v) is 12.4. The molecule has 0 aromatic heterocycles. The van der Waals surface area contributed by atoms with Gasteiger partial charge in [-0.15, -0.1) is 0 Å². The molecule has 10 heteroatoms. The number of carbonyl (C=O) groups is 2. The monoisotopic (exact) mass is 489 g/mol. The fraction of sp³-hybridized carbons (Fsp3) is 0.375. The minimum atomic E-state index is -3.68. The molecule has 0 spiro atoms. The standard InChI is InChI=1S/C24H31N3O6S/c1-17-8-7-9-21(18(17)2)27(34(6,30)31)15-22(28)26-25-14-19-10-12-20(13-11-19)32-16-23(29)33-24(3,4)5/h7-14H,15-16H2,1-6H3,(H,26,28). The molecule has 0 saturated heterocycles. The Hall–Kier alpha value is -3.40. The van der Waals surface area contributed by atoms with E-state index in [4.69, 9.17) is 9.47 Å². The predicted octanol–water partition coefficient (Wildman–Crippen LogP) is 2.94. The molecule has 1 N–H and O–H groups in total. The molecule has 1 amide bonds. The second kappa shape index (κ2) is 11.1. The number of esters is 1. The van der Waals surface area contributed by atoms with Gasteiger partial charge in [-0.3, -0.25) is 9.10 Å². The predicted molar refractivity (Wildman–Crippen MR) is 132 cm³/mol. The Morgan fingerprint density at radius 2 is 1.74 bits per heavy atom. The maximum atomic E-state index is 12.4. The van der Waals surface area contributed by atoms with Crippen LogP contribution in [0.2, 0.25) is 0 Å². The quantitative estimate of drug-likeness (QED) is 0.329. The molecule has 184 valence electrons. The first-order valence-electron chi connectivity index (χ1n) is 10.6. The van der Waals surface area contributed by atoms with Crippen LogP contribution in [0.4, 0.5) is 5.69 Å². The molecule has 0 atom stereocenters. The molecule has 0 bridgehead atoms. The molecule has 9 nitrogen and oxygen atoms in total. The number of hydrogen-bond donors (Lipinski definition) is 1. The molecular formula is C24H31N3O6S. The molecular weight excluding hydrogens is 458 g/mol. The highest BCUT2D eigenvalue weighted by atomic mass is 32.2. The molecule has 2 aromatic carbocycles. The van der Waals surface area contributed by atoms with Crippen molar-refractivity contribution in [2.24, 2.45) is 5.10 Å². The lowest BCUT2D eigenvalue weighted by molar-refractivity contribution is -0.157. The normalized spacial score (nSPS) is 11.8. The van der Waals surface area contributed by atoms with E-state index in [1.54, 1.807) is 64.1 Å². The Bertz CT molecular complexity index is 1150. The Balaban J connectivity index is 1.95. The zero-order valence-electron chi connectivity index (χ0n) is 20.3. The fourth-order valence-corrected chi connectivity index (χ4v) is 3.80. The molecule has 0 aliphatic carbocycles. The van der Waals surface area contributed by atoms with Gasteiger partial charge in [-0.1, -0.05) is 12.1 Å². The summed E-state index contributed by atoms with van der Waals surface area (Å²) in [5.41, 5.74) is 4.57. The van der Waals surface area contributed by atoms with Gasteiger partial charge in [0.1, 0.15) is 17.9 Å². The van der Waals surface area contributed by atoms with Crippen molar-refractivity contribution in [2.75, 3.05) is 23.7 Å². The molecule has 0 saturated carbocycles. The second-order valence-corrected chi connectivity index (χ2v) is 10.6. The number of carbonyl (C=O) groups excluding carboxylic acids is 2. The van der Waals surface area contributed by atoms with Crippen molar-refractivity contribution in [1.29, 1.82) is 0 Å². The lowest BCUT2D eigenvalue weighted by Crippen LogP contribution is -2.39. The van der Waals surface area contributed by atoms with Gasteiger partial charge in [0, 0.05) is 0 Å². The van der Waals surface area contributed by atoms with Crippen LogP contribution >= 0.6 is 0 Å². The SMILES string of the molecule is Cc1cccc(N(CC(=O)NN=Cc2ccc(OCC(=O)OC(C)(C)C)cc2)S(C)(=O)=O)c1C. The van der Waals surface area contributed by atoms with E-state index in [1.807, 2.05) is 13.0 Å². The molecule has 0 aliphatic rings. The molecule has 0 aliphatic heterocycles. The third kappa shape index (κ3) is 8.51. The van der Waals surface area contributed by atoms with Crippen LogP contribution < -0.4 is 14.5 Å². The number of nitrogens with zero attached hydrogens (tertiary/aromatic N) is 2. The van der Waals surface area contributed by atoms with Gasteiger partial charge in [0.05, 0.1) is 18.2 Å². The minimum Gasteiger partial charge on any atom is -0.482 e. The van der Waals surface area contributed by atoms with E-state index in [0.29, 0.717) is 17.0 Å². The number of ether oxygens (including phenoxy) is 2. The van der Waals surface area contributed by atoms with Gasteiger partial charge in [0.15, 0.2) is 6.61 Å². The van der Waals surface area contributed by atoms with E-state index in [2.05, 4.69) is 10.5 Å². The number of rotatable bonds is 9. The maximum Gasteiger partial charge on any atom is 0.344 e. The highest BCUT2D eigenvalue weighted by molar-refractivity contribution is 7.92. The molecule has 2 rings (SSSR count). The summed E-state index contributed by atoms with van der Waals surface area (Å²) in [6.07, 6.45) is 2.47. The third-order valence-electron chi connectivity index (χ3n) is 4.59. The van der Waals surface area contributed by atoms with E-state index < -0.39 is 34.0 Å². The summed E-state index contributed by atoms with van der Waals surface area (Å²) >= 11 is 0. The van der Waals surface area contributed by atoms with Crippen LogP contribution in [0, 0.1) is 13.8 Å². The summed E-state index contributed by atoms with van der Waals surface area (Å²) in [7, 11) is -3.68. The largest absolute Gasteiger partial charge is 0.482 e. The zero-order chi connectivity index (χ0) is 25.5. The van der Waals surface area contributed by atoms with Crippen molar-refractivity contribution in [3.8, 4) is 5.75 Å². The Morgan fingerprint density at radius 3 is 2.32 bits per heavy atom. The minimum absolute atomic E-state index is 0.210. The van der Waals surface area contributed by atoms with E-state index in [9.17, 15) is 18.0 Å². The van der Waals surface area contributed by atoms with Gasteiger partial charge in [0.2, 0.25) is 10.0 Å². The van der Waals surface area contributed by atoms with Crippen LogP contribution in [-0.4, -0.2) is 51.5 Å². The van der Waals surface area contributed by atoms with E-state index in [0.717, 1.165) is 21.7 Å². The number of hydrogen-bond acceptors (Lipinski definition) is 7. The number of amides is 1. The Kier molecular flexibility index (Phi) is 8.80. The summed E-state index contributed by atoms with van der Waals surface area (Å²) in [5.74, 6) is -0.575. The van der Waals surface area contributed by atoms with Crippen LogP contribution in [0.5, 0.6) is 5.75 Å². The van der Waals surface area contributed by atoms with Crippen LogP contribution in [0.1, 0.15) is 37.5 Å².